The van der Waals surface area contributed by atoms with Crippen LogP contribution in [0.15, 0.2) is 0 Å². The number of ether oxygens (including phenoxy) is 1. The standard InChI is InChI=1S/C14H26N2O2/c1-14(2,16-7-5-15-6-8-16)13(17)11-12-3-9-18-10-4-12/h12,15H,3-11H2,1-2H3. The second-order valence-electron chi connectivity index (χ2n) is 5.98. The molecule has 0 aromatic rings. The molecule has 0 aromatic carbocycles. The van der Waals surface area contributed by atoms with E-state index in [1.165, 1.54) is 0 Å². The monoisotopic (exact) mass is 254 g/mol. The number of nitrogens with zero attached hydrogens (tertiary/aromatic N) is 1. The highest BCUT2D eigenvalue weighted by atomic mass is 16.5. The van der Waals surface area contributed by atoms with Gasteiger partial charge in [-0.1, -0.05) is 0 Å². The summed E-state index contributed by atoms with van der Waals surface area (Å²) < 4.78 is 5.35. The fourth-order valence-electron chi connectivity index (χ4n) is 2.86. The summed E-state index contributed by atoms with van der Waals surface area (Å²) in [7, 11) is 0. The van der Waals surface area contributed by atoms with Crippen molar-refractivity contribution in [2.24, 2.45) is 5.92 Å². The molecule has 0 saturated carbocycles. The van der Waals surface area contributed by atoms with Gasteiger partial charge >= 0.3 is 0 Å². The molecule has 2 saturated heterocycles. The molecule has 2 heterocycles. The number of carbonyl (C=O) groups excluding carboxylic acids is 1. The molecule has 4 nitrogen and oxygen atoms in total. The first kappa shape index (κ1) is 14.0. The molecule has 0 atom stereocenters. The third-order valence-electron chi connectivity index (χ3n) is 4.40. The van der Waals surface area contributed by atoms with E-state index in [1.807, 2.05) is 0 Å². The zero-order chi connectivity index (χ0) is 13.0. The van der Waals surface area contributed by atoms with Crippen LogP contribution in [0.5, 0.6) is 0 Å². The number of piperazine rings is 1. The number of Topliss-reactive ketones (excluding diaryl/α,β-unsaturated/α-hetero) is 1. The van der Waals surface area contributed by atoms with Crippen LogP contribution in [0, 0.1) is 5.92 Å². The van der Waals surface area contributed by atoms with Crippen molar-refractivity contribution in [3.05, 3.63) is 0 Å². The molecule has 0 spiro atoms. The van der Waals surface area contributed by atoms with Gasteiger partial charge in [0.25, 0.3) is 0 Å². The normalized spacial score (nSPS) is 24.1. The lowest BCUT2D eigenvalue weighted by molar-refractivity contribution is -0.131. The predicted octanol–water partition coefficient (Wildman–Crippen LogP) is 1.06. The Morgan fingerprint density at radius 3 is 2.50 bits per heavy atom. The first-order valence-corrected chi connectivity index (χ1v) is 7.17. The van der Waals surface area contributed by atoms with Crippen LogP contribution in [0.25, 0.3) is 0 Å². The van der Waals surface area contributed by atoms with Crippen LogP contribution < -0.4 is 5.32 Å². The molecule has 2 aliphatic heterocycles. The quantitative estimate of drug-likeness (QED) is 0.814. The Morgan fingerprint density at radius 2 is 1.89 bits per heavy atom. The second kappa shape index (κ2) is 6.13. The number of hydrogen-bond donors (Lipinski definition) is 1. The van der Waals surface area contributed by atoms with Gasteiger partial charge in [0, 0.05) is 45.8 Å². The summed E-state index contributed by atoms with van der Waals surface area (Å²) >= 11 is 0. The van der Waals surface area contributed by atoms with Gasteiger partial charge in [-0.2, -0.15) is 0 Å². The molecule has 104 valence electrons. The van der Waals surface area contributed by atoms with E-state index >= 15 is 0 Å². The van der Waals surface area contributed by atoms with Gasteiger partial charge in [0.15, 0.2) is 5.78 Å². The Hall–Kier alpha value is -0.450. The van der Waals surface area contributed by atoms with Gasteiger partial charge < -0.3 is 10.1 Å². The van der Waals surface area contributed by atoms with Crippen molar-refractivity contribution < 1.29 is 9.53 Å². The predicted molar refractivity (Wildman–Crippen MR) is 71.7 cm³/mol. The lowest BCUT2D eigenvalue weighted by atomic mass is 9.86. The molecular formula is C14H26N2O2. The first-order chi connectivity index (χ1) is 8.60. The van der Waals surface area contributed by atoms with E-state index in [0.717, 1.165) is 58.7 Å². The molecule has 0 amide bonds. The molecule has 0 bridgehead atoms. The van der Waals surface area contributed by atoms with Crippen molar-refractivity contribution in [1.29, 1.82) is 0 Å². The fraction of sp³-hybridized carbons (Fsp3) is 0.929. The van der Waals surface area contributed by atoms with Crippen LogP contribution >= 0.6 is 0 Å². The van der Waals surface area contributed by atoms with Gasteiger partial charge in [-0.25, -0.2) is 0 Å². The minimum Gasteiger partial charge on any atom is -0.381 e. The maximum Gasteiger partial charge on any atom is 0.152 e. The largest absolute Gasteiger partial charge is 0.381 e. The smallest absolute Gasteiger partial charge is 0.152 e. The molecule has 0 radical (unpaired) electrons. The third kappa shape index (κ3) is 3.31. The Morgan fingerprint density at radius 1 is 1.28 bits per heavy atom. The van der Waals surface area contributed by atoms with Crippen LogP contribution in [-0.2, 0) is 9.53 Å². The average Bonchev–Trinajstić information content (AvgIpc) is 2.41. The lowest BCUT2D eigenvalue weighted by Crippen LogP contribution is -2.57. The highest BCUT2D eigenvalue weighted by Gasteiger charge is 2.35. The van der Waals surface area contributed by atoms with Crippen LogP contribution in [0.1, 0.15) is 33.1 Å². The van der Waals surface area contributed by atoms with E-state index in [-0.39, 0.29) is 5.54 Å². The first-order valence-electron chi connectivity index (χ1n) is 7.17. The van der Waals surface area contributed by atoms with E-state index in [2.05, 4.69) is 24.1 Å². The summed E-state index contributed by atoms with van der Waals surface area (Å²) in [6.45, 7) is 9.76. The molecular weight excluding hydrogens is 228 g/mol. The van der Waals surface area contributed by atoms with E-state index in [1.54, 1.807) is 0 Å². The highest BCUT2D eigenvalue weighted by molar-refractivity contribution is 5.87. The van der Waals surface area contributed by atoms with Gasteiger partial charge in [0.1, 0.15) is 0 Å². The van der Waals surface area contributed by atoms with E-state index in [9.17, 15) is 4.79 Å². The topological polar surface area (TPSA) is 41.6 Å². The van der Waals surface area contributed by atoms with Crippen molar-refractivity contribution in [2.45, 2.75) is 38.6 Å². The molecule has 0 aromatic heterocycles. The van der Waals surface area contributed by atoms with Crippen LogP contribution in [0.4, 0.5) is 0 Å². The lowest BCUT2D eigenvalue weighted by Gasteiger charge is -2.40. The van der Waals surface area contributed by atoms with Gasteiger partial charge in [-0.15, -0.1) is 0 Å². The van der Waals surface area contributed by atoms with Gasteiger partial charge in [-0.05, 0) is 32.6 Å². The minimum absolute atomic E-state index is 0.305. The van der Waals surface area contributed by atoms with Crippen LogP contribution in [0.3, 0.4) is 0 Å². The van der Waals surface area contributed by atoms with E-state index in [0.29, 0.717) is 11.7 Å². The Balaban J connectivity index is 1.88. The molecule has 0 aliphatic carbocycles. The summed E-state index contributed by atoms with van der Waals surface area (Å²) in [5.41, 5.74) is -0.305. The van der Waals surface area contributed by atoms with Crippen molar-refractivity contribution in [3.8, 4) is 0 Å². The van der Waals surface area contributed by atoms with Gasteiger partial charge in [0.05, 0.1) is 5.54 Å². The molecule has 4 heteroatoms. The van der Waals surface area contributed by atoms with E-state index < -0.39 is 0 Å². The number of rotatable bonds is 4. The van der Waals surface area contributed by atoms with Crippen molar-refractivity contribution in [1.82, 2.24) is 10.2 Å². The zero-order valence-corrected chi connectivity index (χ0v) is 11.7. The van der Waals surface area contributed by atoms with Crippen molar-refractivity contribution in [3.63, 3.8) is 0 Å². The summed E-state index contributed by atoms with van der Waals surface area (Å²) in [4.78, 5) is 14.9. The van der Waals surface area contributed by atoms with Crippen LogP contribution in [0.2, 0.25) is 0 Å². The van der Waals surface area contributed by atoms with Crippen molar-refractivity contribution >= 4 is 5.78 Å². The van der Waals surface area contributed by atoms with Crippen molar-refractivity contribution in [2.75, 3.05) is 39.4 Å². The van der Waals surface area contributed by atoms with Crippen LogP contribution in [-0.4, -0.2) is 55.6 Å². The fourth-order valence-corrected chi connectivity index (χ4v) is 2.86. The summed E-state index contributed by atoms with van der Waals surface area (Å²) in [6.07, 6.45) is 2.81. The summed E-state index contributed by atoms with van der Waals surface area (Å²) in [5.74, 6) is 0.935. The zero-order valence-electron chi connectivity index (χ0n) is 11.7. The molecule has 2 fully saturated rings. The molecule has 0 unspecified atom stereocenters. The maximum absolute atomic E-state index is 12.5. The Labute approximate surface area is 110 Å². The Bertz CT molecular complexity index is 280. The second-order valence-corrected chi connectivity index (χ2v) is 5.98. The molecule has 18 heavy (non-hydrogen) atoms. The average molecular weight is 254 g/mol. The van der Waals surface area contributed by atoms with E-state index in [4.69, 9.17) is 4.74 Å². The SMILES string of the molecule is CC(C)(C(=O)CC1CCOCC1)N1CCNCC1. The number of nitrogens with one attached hydrogen (secondary N) is 1. The van der Waals surface area contributed by atoms with Gasteiger partial charge in [-0.3, -0.25) is 9.69 Å². The third-order valence-corrected chi connectivity index (χ3v) is 4.40. The molecule has 1 N–H and O–H groups in total. The number of hydrogen-bond acceptors (Lipinski definition) is 4. The number of carbonyl (C=O) groups is 1. The summed E-state index contributed by atoms with van der Waals surface area (Å²) in [5, 5.41) is 3.34. The summed E-state index contributed by atoms with van der Waals surface area (Å²) in [6, 6.07) is 0. The molecule has 2 rings (SSSR count). The molecule has 2 aliphatic rings. The minimum atomic E-state index is -0.305. The maximum atomic E-state index is 12.5. The number of ketones is 1. The highest BCUT2D eigenvalue weighted by Crippen LogP contribution is 2.25. The Kier molecular flexibility index (Phi) is 4.76. The van der Waals surface area contributed by atoms with Gasteiger partial charge in [0.2, 0.25) is 0 Å².